The molecule has 2 aromatic rings. The normalized spacial score (nSPS) is 13.0. The number of fused-ring (bicyclic) bond motifs is 1. The van der Waals surface area contributed by atoms with E-state index in [9.17, 15) is 4.79 Å². The third-order valence-electron chi connectivity index (χ3n) is 3.17. The Morgan fingerprint density at radius 2 is 1.95 bits per heavy atom. The molecule has 7 heteroatoms. The maximum Gasteiger partial charge on any atom is 0.261 e. The maximum absolute atomic E-state index is 12.0. The molecule has 1 aliphatic heterocycles. The molecule has 0 aliphatic carbocycles. The molecule has 0 bridgehead atoms. The van der Waals surface area contributed by atoms with Crippen molar-refractivity contribution in [3.8, 4) is 11.5 Å². The van der Waals surface area contributed by atoms with Crippen LogP contribution in [-0.4, -0.2) is 25.7 Å². The first-order valence-corrected chi connectivity index (χ1v) is 9.15. The number of benzene rings is 1. The van der Waals surface area contributed by atoms with Gasteiger partial charge in [0.1, 0.15) is 13.2 Å². The fourth-order valence-electron chi connectivity index (χ4n) is 2.11. The molecule has 0 radical (unpaired) electrons. The first-order valence-electron chi connectivity index (χ1n) is 6.75. The van der Waals surface area contributed by atoms with E-state index in [1.165, 1.54) is 11.3 Å². The molecule has 0 fully saturated rings. The summed E-state index contributed by atoms with van der Waals surface area (Å²) in [6, 6.07) is 7.70. The zero-order valence-corrected chi connectivity index (χ0v) is 15.5. The van der Waals surface area contributed by atoms with Crippen molar-refractivity contribution >= 4 is 49.1 Å². The topological polar surface area (TPSA) is 47.6 Å². The summed E-state index contributed by atoms with van der Waals surface area (Å²) >= 11 is 8.18. The predicted molar refractivity (Wildman–Crippen MR) is 93.2 cm³/mol. The van der Waals surface area contributed by atoms with E-state index in [0.29, 0.717) is 24.6 Å². The summed E-state index contributed by atoms with van der Waals surface area (Å²) in [5.74, 6) is 1.50. The minimum absolute atomic E-state index is 0.0612. The Morgan fingerprint density at radius 3 is 2.68 bits per heavy atom. The second-order valence-electron chi connectivity index (χ2n) is 4.72. The molecule has 1 aromatic carbocycles. The molecule has 0 saturated heterocycles. The fourth-order valence-corrected chi connectivity index (χ4v) is 4.06. The van der Waals surface area contributed by atoms with Crippen LogP contribution in [0, 0.1) is 0 Å². The second kappa shape index (κ2) is 7.02. The Hall–Kier alpha value is -1.05. The van der Waals surface area contributed by atoms with Gasteiger partial charge in [-0.25, -0.2) is 0 Å². The van der Waals surface area contributed by atoms with Crippen molar-refractivity contribution in [2.75, 3.05) is 19.8 Å². The Morgan fingerprint density at radius 1 is 1.18 bits per heavy atom. The Kier molecular flexibility index (Phi) is 5.05. The van der Waals surface area contributed by atoms with Crippen LogP contribution in [0.1, 0.15) is 15.2 Å². The van der Waals surface area contributed by atoms with Crippen LogP contribution in [0.4, 0.5) is 0 Å². The van der Waals surface area contributed by atoms with Gasteiger partial charge in [0.15, 0.2) is 11.5 Å². The van der Waals surface area contributed by atoms with Gasteiger partial charge >= 0.3 is 0 Å². The number of nitrogens with one attached hydrogen (secondary N) is 1. The lowest BCUT2D eigenvalue weighted by Gasteiger charge is -2.18. The van der Waals surface area contributed by atoms with Crippen molar-refractivity contribution in [2.24, 2.45) is 0 Å². The average molecular weight is 447 g/mol. The smallest absolute Gasteiger partial charge is 0.261 e. The Labute approximate surface area is 149 Å². The van der Waals surface area contributed by atoms with E-state index in [4.69, 9.17) is 9.47 Å². The highest BCUT2D eigenvalue weighted by Gasteiger charge is 2.13. The molecule has 1 N–H and O–H groups in total. The molecule has 0 unspecified atom stereocenters. The van der Waals surface area contributed by atoms with Gasteiger partial charge in [0.25, 0.3) is 5.91 Å². The average Bonchev–Trinajstić information content (AvgIpc) is 2.86. The summed E-state index contributed by atoms with van der Waals surface area (Å²) in [7, 11) is 0. The fraction of sp³-hybridized carbons (Fsp3) is 0.267. The highest BCUT2D eigenvalue weighted by atomic mass is 79.9. The summed E-state index contributed by atoms with van der Waals surface area (Å²) in [6.07, 6.45) is 0.746. The van der Waals surface area contributed by atoms with Gasteiger partial charge in [-0.1, -0.05) is 6.07 Å². The van der Waals surface area contributed by atoms with Crippen molar-refractivity contribution < 1.29 is 14.3 Å². The summed E-state index contributed by atoms with van der Waals surface area (Å²) in [5.41, 5.74) is 1.11. The van der Waals surface area contributed by atoms with Crippen molar-refractivity contribution in [1.82, 2.24) is 5.32 Å². The molecular formula is C15H13Br2NO3S. The van der Waals surface area contributed by atoms with Gasteiger partial charge in [-0.2, -0.15) is 0 Å². The van der Waals surface area contributed by atoms with Crippen LogP contribution in [0.5, 0.6) is 11.5 Å². The number of amides is 1. The van der Waals surface area contributed by atoms with Gasteiger partial charge in [0, 0.05) is 11.0 Å². The number of thiophene rings is 1. The number of carbonyl (C=O) groups excluding carboxylic acids is 1. The highest BCUT2D eigenvalue weighted by molar-refractivity contribution is 9.13. The predicted octanol–water partition coefficient (Wildman–Crippen LogP) is 4.02. The number of hydrogen-bond acceptors (Lipinski definition) is 4. The SMILES string of the molecule is O=C(NCCc1ccc2c(c1)OCCO2)c1cc(Br)c(Br)s1. The van der Waals surface area contributed by atoms with Crippen LogP contribution >= 0.6 is 43.2 Å². The quantitative estimate of drug-likeness (QED) is 0.771. The van der Waals surface area contributed by atoms with Crippen molar-refractivity contribution in [1.29, 1.82) is 0 Å². The number of halogens is 2. The van der Waals surface area contributed by atoms with E-state index in [0.717, 1.165) is 31.7 Å². The zero-order valence-electron chi connectivity index (χ0n) is 11.5. The molecule has 2 heterocycles. The molecule has 0 spiro atoms. The summed E-state index contributed by atoms with van der Waals surface area (Å²) in [5, 5.41) is 2.93. The molecule has 22 heavy (non-hydrogen) atoms. The van der Waals surface area contributed by atoms with Gasteiger partial charge in [0.05, 0.1) is 8.66 Å². The van der Waals surface area contributed by atoms with Crippen LogP contribution in [0.25, 0.3) is 0 Å². The van der Waals surface area contributed by atoms with Crippen molar-refractivity contribution in [3.63, 3.8) is 0 Å². The monoisotopic (exact) mass is 445 g/mol. The van der Waals surface area contributed by atoms with Gasteiger partial charge in [-0.05, 0) is 62.0 Å². The van der Waals surface area contributed by atoms with Crippen LogP contribution in [0.2, 0.25) is 0 Å². The van der Waals surface area contributed by atoms with E-state index in [1.807, 2.05) is 24.3 Å². The third-order valence-corrected chi connectivity index (χ3v) is 6.43. The van der Waals surface area contributed by atoms with Gasteiger partial charge < -0.3 is 14.8 Å². The van der Waals surface area contributed by atoms with Gasteiger partial charge in [-0.15, -0.1) is 11.3 Å². The molecular weight excluding hydrogens is 434 g/mol. The molecule has 0 saturated carbocycles. The third kappa shape index (κ3) is 3.64. The Bertz CT molecular complexity index is 683. The van der Waals surface area contributed by atoms with Crippen LogP contribution in [0.15, 0.2) is 32.5 Å². The summed E-state index contributed by atoms with van der Waals surface area (Å²) in [6.45, 7) is 1.75. The molecule has 1 amide bonds. The van der Waals surface area contributed by atoms with Gasteiger partial charge in [0.2, 0.25) is 0 Å². The largest absolute Gasteiger partial charge is 0.486 e. The van der Waals surface area contributed by atoms with E-state index < -0.39 is 0 Å². The first-order chi connectivity index (χ1) is 10.6. The maximum atomic E-state index is 12.0. The lowest BCUT2D eigenvalue weighted by Crippen LogP contribution is -2.25. The van der Waals surface area contributed by atoms with Gasteiger partial charge in [-0.3, -0.25) is 4.79 Å². The van der Waals surface area contributed by atoms with Crippen molar-refractivity contribution in [3.05, 3.63) is 43.0 Å². The molecule has 116 valence electrons. The second-order valence-corrected chi connectivity index (χ2v) is 7.94. The number of carbonyl (C=O) groups is 1. The van der Waals surface area contributed by atoms with Crippen LogP contribution in [-0.2, 0) is 6.42 Å². The molecule has 1 aliphatic rings. The van der Waals surface area contributed by atoms with Crippen molar-refractivity contribution in [2.45, 2.75) is 6.42 Å². The minimum atomic E-state index is -0.0612. The van der Waals surface area contributed by atoms with E-state index in [-0.39, 0.29) is 5.91 Å². The standard InChI is InChI=1S/C15H13Br2NO3S/c16-10-8-13(22-14(10)17)15(19)18-4-3-9-1-2-11-12(7-9)21-6-5-20-11/h1-2,7-8H,3-6H2,(H,18,19). The lowest BCUT2D eigenvalue weighted by atomic mass is 10.1. The van der Waals surface area contributed by atoms with E-state index in [2.05, 4.69) is 37.2 Å². The molecule has 3 rings (SSSR count). The number of rotatable bonds is 4. The summed E-state index contributed by atoms with van der Waals surface area (Å²) in [4.78, 5) is 12.7. The van der Waals surface area contributed by atoms with E-state index >= 15 is 0 Å². The Balaban J connectivity index is 1.55. The van der Waals surface area contributed by atoms with E-state index in [1.54, 1.807) is 0 Å². The molecule has 0 atom stereocenters. The lowest BCUT2D eigenvalue weighted by molar-refractivity contribution is 0.0958. The first kappa shape index (κ1) is 15.8. The molecule has 1 aromatic heterocycles. The zero-order chi connectivity index (χ0) is 15.5. The van der Waals surface area contributed by atoms with Crippen LogP contribution < -0.4 is 14.8 Å². The number of hydrogen-bond donors (Lipinski definition) is 1. The summed E-state index contributed by atoms with van der Waals surface area (Å²) < 4.78 is 12.9. The van der Waals surface area contributed by atoms with Crippen LogP contribution in [0.3, 0.4) is 0 Å². The highest BCUT2D eigenvalue weighted by Crippen LogP contribution is 2.32. The number of ether oxygens (including phenoxy) is 2. The molecule has 4 nitrogen and oxygen atoms in total. The minimum Gasteiger partial charge on any atom is -0.486 e.